The highest BCUT2D eigenvalue weighted by Gasteiger charge is 2.06. The molecular formula is C8H10N2O. The molecule has 0 aromatic carbocycles. The number of amides is 1. The summed E-state index contributed by atoms with van der Waals surface area (Å²) in [5, 5.41) is 0. The Morgan fingerprint density at radius 2 is 2.36 bits per heavy atom. The van der Waals surface area contributed by atoms with Gasteiger partial charge >= 0.3 is 0 Å². The topological polar surface area (TPSA) is 55.5 Å². The summed E-state index contributed by atoms with van der Waals surface area (Å²) in [7, 11) is 0. The zero-order valence-corrected chi connectivity index (χ0v) is 6.32. The van der Waals surface area contributed by atoms with Gasteiger partial charge in [-0.3, -0.25) is 4.79 Å². The molecule has 0 saturated heterocycles. The summed E-state index contributed by atoms with van der Waals surface area (Å²) in [6, 6.07) is -0.233. The summed E-state index contributed by atoms with van der Waals surface area (Å²) in [6.07, 6.45) is 7.18. The van der Waals surface area contributed by atoms with Gasteiger partial charge < -0.3 is 5.73 Å². The predicted molar refractivity (Wildman–Crippen MR) is 44.4 cm³/mol. The van der Waals surface area contributed by atoms with Crippen molar-refractivity contribution >= 4 is 11.6 Å². The largest absolute Gasteiger partial charge is 0.319 e. The fraction of sp³-hybridized carbons (Fsp3) is 0.250. The summed E-state index contributed by atoms with van der Waals surface area (Å²) in [5.74, 6) is -0.213. The number of hydrogen-bond acceptors (Lipinski definition) is 2. The summed E-state index contributed by atoms with van der Waals surface area (Å²) >= 11 is 0. The quantitative estimate of drug-likeness (QED) is 0.544. The van der Waals surface area contributed by atoms with E-state index in [-0.39, 0.29) is 11.9 Å². The van der Waals surface area contributed by atoms with Crippen LogP contribution in [0.3, 0.4) is 0 Å². The van der Waals surface area contributed by atoms with Crippen LogP contribution in [0.5, 0.6) is 0 Å². The lowest BCUT2D eigenvalue weighted by molar-refractivity contribution is -0.115. The van der Waals surface area contributed by atoms with Crippen molar-refractivity contribution < 1.29 is 4.79 Å². The Labute approximate surface area is 65.3 Å². The Bertz CT molecular complexity index is 251. The predicted octanol–water partition coefficient (Wildman–Crippen LogP) is 0.427. The van der Waals surface area contributed by atoms with Gasteiger partial charge in [0, 0.05) is 6.92 Å². The van der Waals surface area contributed by atoms with Gasteiger partial charge in [-0.05, 0) is 6.08 Å². The Morgan fingerprint density at radius 3 is 2.91 bits per heavy atom. The second-order valence-electron chi connectivity index (χ2n) is 2.33. The molecule has 1 atom stereocenters. The SMILES string of the molecule is CC(=O)N=C1C=CC=CC1N. The number of rotatable bonds is 0. The molecule has 2 N–H and O–H groups in total. The molecule has 1 amide bonds. The minimum absolute atomic E-state index is 0.213. The van der Waals surface area contributed by atoms with Crippen LogP contribution in [0, 0.1) is 0 Å². The first kappa shape index (κ1) is 7.88. The van der Waals surface area contributed by atoms with Gasteiger partial charge in [0.25, 0.3) is 0 Å². The molecule has 1 aliphatic rings. The van der Waals surface area contributed by atoms with Crippen LogP contribution >= 0.6 is 0 Å². The molecule has 0 spiro atoms. The number of hydrogen-bond donors (Lipinski definition) is 1. The number of nitrogens with two attached hydrogens (primary N) is 1. The molecule has 0 radical (unpaired) electrons. The average Bonchev–Trinajstić information content (AvgIpc) is 1.93. The van der Waals surface area contributed by atoms with Gasteiger partial charge in [0.2, 0.25) is 5.91 Å². The van der Waals surface area contributed by atoms with E-state index in [4.69, 9.17) is 5.73 Å². The van der Waals surface area contributed by atoms with E-state index in [1.807, 2.05) is 12.2 Å². The van der Waals surface area contributed by atoms with Gasteiger partial charge in [-0.2, -0.15) is 0 Å². The minimum atomic E-state index is -0.233. The molecule has 0 fully saturated rings. The van der Waals surface area contributed by atoms with Crippen LogP contribution in [-0.4, -0.2) is 17.7 Å². The zero-order valence-electron chi connectivity index (χ0n) is 6.32. The molecule has 0 aromatic rings. The molecule has 0 saturated carbocycles. The van der Waals surface area contributed by atoms with Crippen LogP contribution in [-0.2, 0) is 4.79 Å². The van der Waals surface area contributed by atoms with E-state index in [1.165, 1.54) is 6.92 Å². The van der Waals surface area contributed by atoms with E-state index in [0.717, 1.165) is 0 Å². The van der Waals surface area contributed by atoms with Crippen molar-refractivity contribution in [3.63, 3.8) is 0 Å². The van der Waals surface area contributed by atoms with E-state index in [9.17, 15) is 4.79 Å². The standard InChI is InChI=1S/C8H10N2O/c1-6(11)10-8-5-3-2-4-7(8)9/h2-5,7H,9H2,1H3. The number of carbonyl (C=O) groups excluding carboxylic acids is 1. The van der Waals surface area contributed by atoms with E-state index >= 15 is 0 Å². The summed E-state index contributed by atoms with van der Waals surface area (Å²) in [5.41, 5.74) is 6.23. The van der Waals surface area contributed by atoms with E-state index in [2.05, 4.69) is 4.99 Å². The maximum atomic E-state index is 10.6. The zero-order chi connectivity index (χ0) is 8.27. The normalized spacial score (nSPS) is 26.0. The Morgan fingerprint density at radius 1 is 1.64 bits per heavy atom. The van der Waals surface area contributed by atoms with Crippen LogP contribution in [0.15, 0.2) is 29.3 Å². The van der Waals surface area contributed by atoms with Crippen molar-refractivity contribution in [3.8, 4) is 0 Å². The van der Waals surface area contributed by atoms with Crippen molar-refractivity contribution in [2.24, 2.45) is 10.7 Å². The van der Waals surface area contributed by atoms with Gasteiger partial charge in [-0.1, -0.05) is 18.2 Å². The van der Waals surface area contributed by atoms with Crippen molar-refractivity contribution in [2.75, 3.05) is 0 Å². The average molecular weight is 150 g/mol. The maximum absolute atomic E-state index is 10.6. The number of carbonyl (C=O) groups is 1. The second-order valence-corrected chi connectivity index (χ2v) is 2.33. The highest BCUT2D eigenvalue weighted by atomic mass is 16.1. The summed E-state index contributed by atoms with van der Waals surface area (Å²) in [4.78, 5) is 14.3. The smallest absolute Gasteiger partial charge is 0.242 e. The first-order valence-corrected chi connectivity index (χ1v) is 3.40. The summed E-state index contributed by atoms with van der Waals surface area (Å²) in [6.45, 7) is 1.41. The molecule has 11 heavy (non-hydrogen) atoms. The van der Waals surface area contributed by atoms with Gasteiger partial charge in [-0.25, -0.2) is 4.99 Å². The van der Waals surface area contributed by atoms with Crippen molar-refractivity contribution in [1.82, 2.24) is 0 Å². The number of nitrogens with zero attached hydrogens (tertiary/aromatic N) is 1. The third-order valence-corrected chi connectivity index (χ3v) is 1.32. The van der Waals surface area contributed by atoms with Crippen molar-refractivity contribution in [3.05, 3.63) is 24.3 Å². The van der Waals surface area contributed by atoms with Gasteiger partial charge in [-0.15, -0.1) is 0 Å². The Hall–Kier alpha value is -1.22. The fourth-order valence-electron chi connectivity index (χ4n) is 0.841. The molecule has 0 aliphatic heterocycles. The number of aliphatic imine (C=N–C) groups is 1. The van der Waals surface area contributed by atoms with E-state index in [0.29, 0.717) is 5.71 Å². The Kier molecular flexibility index (Phi) is 2.33. The van der Waals surface area contributed by atoms with Crippen LogP contribution in [0.25, 0.3) is 0 Å². The highest BCUT2D eigenvalue weighted by Crippen LogP contribution is 1.98. The van der Waals surface area contributed by atoms with Crippen LogP contribution in [0.1, 0.15) is 6.92 Å². The molecule has 0 aromatic heterocycles. The molecule has 58 valence electrons. The third-order valence-electron chi connectivity index (χ3n) is 1.32. The molecule has 3 heteroatoms. The van der Waals surface area contributed by atoms with E-state index in [1.54, 1.807) is 12.2 Å². The lowest BCUT2D eigenvalue weighted by Gasteiger charge is -2.08. The maximum Gasteiger partial charge on any atom is 0.242 e. The lowest BCUT2D eigenvalue weighted by Crippen LogP contribution is -2.28. The molecule has 1 rings (SSSR count). The van der Waals surface area contributed by atoms with Gasteiger partial charge in [0.15, 0.2) is 0 Å². The minimum Gasteiger partial charge on any atom is -0.319 e. The summed E-state index contributed by atoms with van der Waals surface area (Å²) < 4.78 is 0. The molecule has 0 bridgehead atoms. The molecule has 0 heterocycles. The number of allylic oxidation sites excluding steroid dienone is 2. The second kappa shape index (κ2) is 3.25. The van der Waals surface area contributed by atoms with Crippen LogP contribution in [0.4, 0.5) is 0 Å². The molecule has 3 nitrogen and oxygen atoms in total. The van der Waals surface area contributed by atoms with Gasteiger partial charge in [0.05, 0.1) is 11.8 Å². The van der Waals surface area contributed by atoms with Crippen molar-refractivity contribution in [2.45, 2.75) is 13.0 Å². The van der Waals surface area contributed by atoms with Crippen molar-refractivity contribution in [1.29, 1.82) is 0 Å². The monoisotopic (exact) mass is 150 g/mol. The van der Waals surface area contributed by atoms with Crippen LogP contribution in [0.2, 0.25) is 0 Å². The lowest BCUT2D eigenvalue weighted by atomic mass is 10.1. The third kappa shape index (κ3) is 2.13. The highest BCUT2D eigenvalue weighted by molar-refractivity contribution is 6.06. The molecule has 1 unspecified atom stereocenters. The Balaban J connectivity index is 2.81. The molecular weight excluding hydrogens is 140 g/mol. The first-order chi connectivity index (χ1) is 5.20. The van der Waals surface area contributed by atoms with Gasteiger partial charge in [0.1, 0.15) is 0 Å². The first-order valence-electron chi connectivity index (χ1n) is 3.40. The van der Waals surface area contributed by atoms with Crippen LogP contribution < -0.4 is 5.73 Å². The molecule has 1 aliphatic carbocycles. The van der Waals surface area contributed by atoms with E-state index < -0.39 is 0 Å². The fourth-order valence-corrected chi connectivity index (χ4v) is 0.841.